The first kappa shape index (κ1) is 24.2. The second-order valence-electron chi connectivity index (χ2n) is 9.53. The molecule has 8 heteroatoms. The monoisotopic (exact) mass is 420 g/mol. The third kappa shape index (κ3) is 5.54. The minimum absolute atomic E-state index is 0.111. The Morgan fingerprint density at radius 2 is 1.43 bits per heavy atom. The van der Waals surface area contributed by atoms with Crippen LogP contribution in [0.4, 0.5) is 0 Å². The summed E-state index contributed by atoms with van der Waals surface area (Å²) in [4.78, 5) is 0. The summed E-state index contributed by atoms with van der Waals surface area (Å²) in [5, 5.41) is 9.92. The molecule has 0 spiro atoms. The zero-order valence-electron chi connectivity index (χ0n) is 18.9. The average Bonchev–Trinajstić information content (AvgIpc) is 2.57. The molecule has 0 aromatic rings. The zero-order chi connectivity index (χ0) is 21.3. The van der Waals surface area contributed by atoms with E-state index in [4.69, 9.17) is 28.1 Å². The molecule has 2 heterocycles. The van der Waals surface area contributed by atoms with Gasteiger partial charge in [-0.15, -0.1) is 0 Å². The van der Waals surface area contributed by atoms with Crippen LogP contribution in [-0.2, 0) is 28.1 Å². The lowest BCUT2D eigenvalue weighted by molar-refractivity contribution is -0.309. The molecule has 2 aliphatic heterocycles. The Kier molecular flexibility index (Phi) is 8.12. The van der Waals surface area contributed by atoms with Crippen molar-refractivity contribution in [1.82, 2.24) is 0 Å². The van der Waals surface area contributed by atoms with Gasteiger partial charge in [-0.1, -0.05) is 20.8 Å². The minimum Gasteiger partial charge on any atom is -0.409 e. The van der Waals surface area contributed by atoms with E-state index in [0.29, 0.717) is 12.8 Å². The summed E-state index contributed by atoms with van der Waals surface area (Å²) in [6.07, 6.45) is -1.61. The molecule has 0 aromatic heterocycles. The van der Waals surface area contributed by atoms with E-state index < -0.39 is 20.9 Å². The molecule has 0 radical (unpaired) electrons. The molecule has 0 bridgehead atoms. The van der Waals surface area contributed by atoms with Crippen LogP contribution in [0.3, 0.4) is 0 Å². The number of hydrogen-bond donors (Lipinski definition) is 1. The van der Waals surface area contributed by atoms with E-state index in [1.165, 1.54) is 0 Å². The van der Waals surface area contributed by atoms with Crippen molar-refractivity contribution in [1.29, 1.82) is 0 Å². The van der Waals surface area contributed by atoms with Gasteiger partial charge in [-0.25, -0.2) is 0 Å². The highest BCUT2D eigenvalue weighted by molar-refractivity contribution is 6.74. The molecule has 1 N–H and O–H groups in total. The molecule has 0 aromatic carbocycles. The minimum atomic E-state index is -1.96. The quantitative estimate of drug-likeness (QED) is 0.662. The van der Waals surface area contributed by atoms with E-state index in [2.05, 4.69) is 33.9 Å². The van der Waals surface area contributed by atoms with Gasteiger partial charge in [0.05, 0.1) is 30.5 Å². The molecule has 0 amide bonds. The van der Waals surface area contributed by atoms with E-state index in [1.807, 2.05) is 13.8 Å². The van der Waals surface area contributed by atoms with Gasteiger partial charge in [0.1, 0.15) is 6.10 Å². The number of ether oxygens (including phenoxy) is 5. The summed E-state index contributed by atoms with van der Waals surface area (Å²) >= 11 is 0. The maximum Gasteiger partial charge on any atom is 0.192 e. The molecular formula is C20H40O7Si. The number of methoxy groups -OCH3 is 2. The van der Waals surface area contributed by atoms with Crippen LogP contribution >= 0.6 is 0 Å². The predicted molar refractivity (Wildman–Crippen MR) is 109 cm³/mol. The van der Waals surface area contributed by atoms with Gasteiger partial charge < -0.3 is 33.2 Å². The largest absolute Gasteiger partial charge is 0.409 e. The second kappa shape index (κ2) is 9.39. The van der Waals surface area contributed by atoms with E-state index in [9.17, 15) is 5.11 Å². The lowest BCUT2D eigenvalue weighted by Crippen LogP contribution is -2.57. The van der Waals surface area contributed by atoms with Crippen LogP contribution in [0.15, 0.2) is 0 Å². The van der Waals surface area contributed by atoms with Crippen molar-refractivity contribution < 1.29 is 33.2 Å². The number of aliphatic hydroxyl groups excluding tert-OH is 1. The first-order valence-electron chi connectivity index (χ1n) is 10.3. The number of aliphatic hydroxyl groups is 1. The Morgan fingerprint density at radius 1 is 0.893 bits per heavy atom. The van der Waals surface area contributed by atoms with Crippen molar-refractivity contribution in [3.8, 4) is 0 Å². The molecule has 2 rings (SSSR count). The molecule has 8 atom stereocenters. The third-order valence-corrected chi connectivity index (χ3v) is 10.9. The second-order valence-corrected chi connectivity index (χ2v) is 14.3. The van der Waals surface area contributed by atoms with Gasteiger partial charge in [-0.2, -0.15) is 0 Å². The van der Waals surface area contributed by atoms with Crippen molar-refractivity contribution in [2.75, 3.05) is 14.2 Å². The van der Waals surface area contributed by atoms with Crippen LogP contribution in [0.5, 0.6) is 0 Å². The van der Waals surface area contributed by atoms with Gasteiger partial charge in [0.25, 0.3) is 0 Å². The third-order valence-electron chi connectivity index (χ3n) is 6.41. The van der Waals surface area contributed by atoms with Gasteiger partial charge in [0, 0.05) is 27.1 Å². The van der Waals surface area contributed by atoms with E-state index in [1.54, 1.807) is 14.2 Å². The van der Waals surface area contributed by atoms with Crippen molar-refractivity contribution in [3.63, 3.8) is 0 Å². The highest BCUT2D eigenvalue weighted by Crippen LogP contribution is 2.40. The van der Waals surface area contributed by atoms with Gasteiger partial charge in [0.15, 0.2) is 20.9 Å². The Hall–Kier alpha value is -0.0631. The molecule has 7 nitrogen and oxygen atoms in total. The van der Waals surface area contributed by atoms with Crippen LogP contribution in [0.2, 0.25) is 18.1 Å². The summed E-state index contributed by atoms with van der Waals surface area (Å²) in [6.45, 7) is 15.1. The summed E-state index contributed by atoms with van der Waals surface area (Å²) in [7, 11) is 1.37. The molecule has 2 aliphatic rings. The topological polar surface area (TPSA) is 75.6 Å². The smallest absolute Gasteiger partial charge is 0.192 e. The fraction of sp³-hybridized carbons (Fsp3) is 1.00. The summed E-state index contributed by atoms with van der Waals surface area (Å²) < 4.78 is 35.9. The number of hydrogen-bond acceptors (Lipinski definition) is 7. The maximum absolute atomic E-state index is 9.81. The maximum atomic E-state index is 9.81. The summed E-state index contributed by atoms with van der Waals surface area (Å²) in [5.41, 5.74) is 0. The van der Waals surface area contributed by atoms with Crippen LogP contribution < -0.4 is 0 Å². The van der Waals surface area contributed by atoms with Crippen molar-refractivity contribution >= 4 is 8.32 Å². The van der Waals surface area contributed by atoms with Gasteiger partial charge in [-0.05, 0) is 32.0 Å². The normalized spacial score (nSPS) is 40.5. The van der Waals surface area contributed by atoms with E-state index >= 15 is 0 Å². The molecule has 0 unspecified atom stereocenters. The molecule has 28 heavy (non-hydrogen) atoms. The van der Waals surface area contributed by atoms with Gasteiger partial charge in [-0.3, -0.25) is 0 Å². The standard InChI is InChI=1S/C20H40O7Si/c1-12-18(14(22-6)10-16(21)24-12)26-17-11-15(23-7)19(13(2)25-17)27-28(8,9)20(3,4)5/h12-19,21H,10-11H2,1-9H3/t12-,13-,14-,15-,16+,17-,18-,19-/m0/s1. The Labute approximate surface area is 171 Å². The lowest BCUT2D eigenvalue weighted by atomic mass is 10.0. The zero-order valence-corrected chi connectivity index (χ0v) is 19.9. The SMILES string of the molecule is CO[C@H]1C[C@H](O[C@H]2[C@H](C)O[C@@H](O)C[C@@H]2OC)O[C@@H](C)[C@@H]1O[Si](C)(C)C(C)(C)C. The highest BCUT2D eigenvalue weighted by atomic mass is 28.4. The fourth-order valence-electron chi connectivity index (χ4n) is 3.62. The highest BCUT2D eigenvalue weighted by Gasteiger charge is 2.47. The predicted octanol–water partition coefficient (Wildman–Crippen LogP) is 3.05. The molecule has 0 saturated carbocycles. The Morgan fingerprint density at radius 3 is 1.96 bits per heavy atom. The molecular weight excluding hydrogens is 380 g/mol. The first-order chi connectivity index (χ1) is 12.9. The van der Waals surface area contributed by atoms with E-state index in [0.717, 1.165) is 0 Å². The summed E-state index contributed by atoms with van der Waals surface area (Å²) in [6, 6.07) is 0. The van der Waals surface area contributed by atoms with E-state index in [-0.39, 0.29) is 41.7 Å². The van der Waals surface area contributed by atoms with Crippen molar-refractivity contribution in [2.24, 2.45) is 0 Å². The molecule has 2 saturated heterocycles. The van der Waals surface area contributed by atoms with Crippen LogP contribution in [0.1, 0.15) is 47.5 Å². The van der Waals surface area contributed by atoms with Gasteiger partial charge in [0.2, 0.25) is 0 Å². The molecule has 2 fully saturated rings. The molecule has 166 valence electrons. The Balaban J connectivity index is 2.06. The Bertz CT molecular complexity index is 495. The summed E-state index contributed by atoms with van der Waals surface area (Å²) in [5.74, 6) is 0. The first-order valence-corrected chi connectivity index (χ1v) is 13.2. The van der Waals surface area contributed by atoms with Crippen LogP contribution in [-0.4, -0.2) is 76.8 Å². The fourth-order valence-corrected chi connectivity index (χ4v) is 5.00. The van der Waals surface area contributed by atoms with Crippen LogP contribution in [0.25, 0.3) is 0 Å². The van der Waals surface area contributed by atoms with Crippen LogP contribution in [0, 0.1) is 0 Å². The lowest BCUT2D eigenvalue weighted by Gasteiger charge is -2.47. The van der Waals surface area contributed by atoms with Gasteiger partial charge >= 0.3 is 0 Å². The number of rotatable bonds is 6. The molecule has 0 aliphatic carbocycles. The average molecular weight is 421 g/mol. The van der Waals surface area contributed by atoms with Crippen molar-refractivity contribution in [3.05, 3.63) is 0 Å². The van der Waals surface area contributed by atoms with Crippen molar-refractivity contribution in [2.45, 2.75) is 115 Å².